The zero-order valence-corrected chi connectivity index (χ0v) is 23.1. The van der Waals surface area contributed by atoms with Crippen molar-refractivity contribution in [3.05, 3.63) is 95.8 Å². The first kappa shape index (κ1) is 29.2. The number of hydrogen-bond donors (Lipinski definition) is 2. The van der Waals surface area contributed by atoms with E-state index in [1.54, 1.807) is 61.5 Å². The Kier molecular flexibility index (Phi) is 9.54. The van der Waals surface area contributed by atoms with Gasteiger partial charge in [0.1, 0.15) is 17.7 Å². The summed E-state index contributed by atoms with van der Waals surface area (Å²) < 4.78 is 51.1. The van der Waals surface area contributed by atoms with Gasteiger partial charge in [0.25, 0.3) is 5.91 Å². The number of carbonyl (C=O) groups is 1. The van der Waals surface area contributed by atoms with Gasteiger partial charge in [-0.3, -0.25) is 4.79 Å². The van der Waals surface area contributed by atoms with E-state index in [-0.39, 0.29) is 41.9 Å². The fraction of sp³-hybridized carbons (Fsp3) is 0.333. The number of aliphatic hydroxyl groups is 1. The van der Waals surface area contributed by atoms with Gasteiger partial charge in [-0.15, -0.1) is 0 Å². The van der Waals surface area contributed by atoms with E-state index >= 15 is 0 Å². The minimum absolute atomic E-state index is 0.0364. The van der Waals surface area contributed by atoms with Crippen molar-refractivity contribution in [2.75, 3.05) is 25.5 Å². The molecule has 3 aromatic carbocycles. The smallest absolute Gasteiger partial charge is 0.251 e. The average molecular weight is 569 g/mol. The van der Waals surface area contributed by atoms with Crippen LogP contribution in [-0.2, 0) is 25.8 Å². The molecule has 2 atom stereocenters. The molecule has 0 bridgehead atoms. The number of rotatable bonds is 13. The molecule has 40 heavy (non-hydrogen) atoms. The fourth-order valence-electron chi connectivity index (χ4n) is 4.41. The molecule has 2 N–H and O–H groups in total. The molecule has 0 aromatic heterocycles. The number of hydrogen-bond acceptors (Lipinski definition) is 7. The lowest BCUT2D eigenvalue weighted by atomic mass is 9.90. The zero-order valence-electron chi connectivity index (χ0n) is 22.3. The third-order valence-electron chi connectivity index (χ3n) is 6.79. The number of ether oxygens (including phenoxy) is 2. The Balaban J connectivity index is 1.55. The second kappa shape index (κ2) is 13.1. The van der Waals surface area contributed by atoms with E-state index < -0.39 is 27.4 Å². The Morgan fingerprint density at radius 3 is 2.45 bits per heavy atom. The van der Waals surface area contributed by atoms with Crippen LogP contribution in [0.3, 0.4) is 0 Å². The van der Waals surface area contributed by atoms with Gasteiger partial charge in [0.05, 0.1) is 17.3 Å². The van der Waals surface area contributed by atoms with Crippen molar-refractivity contribution in [3.63, 3.8) is 0 Å². The Labute approximate surface area is 233 Å². The van der Waals surface area contributed by atoms with E-state index in [0.29, 0.717) is 30.8 Å². The molecule has 0 fully saturated rings. The van der Waals surface area contributed by atoms with Crippen molar-refractivity contribution in [1.29, 1.82) is 0 Å². The standard InChI is InChI=1S/C30H33FN2O6S/c1-22-30(17-21-40(36,37)27-6-3-2-4-7-27,29(35)32-18-16-23-8-12-25(31)13-9-23)33-28(39-22)24-10-14-26(15-11-24)38-20-5-19-34/h2-4,6-15,22,34H,5,16-21H2,1H3,(H,32,35)/t22-,30-/m1/s1. The molecule has 0 radical (unpaired) electrons. The number of benzene rings is 3. The maximum atomic E-state index is 13.7. The van der Waals surface area contributed by atoms with E-state index in [2.05, 4.69) is 5.32 Å². The average Bonchev–Trinajstić information content (AvgIpc) is 3.31. The summed E-state index contributed by atoms with van der Waals surface area (Å²) in [5, 5.41) is 11.8. The van der Waals surface area contributed by atoms with Crippen LogP contribution in [0.15, 0.2) is 88.8 Å². The zero-order chi connectivity index (χ0) is 28.6. The third kappa shape index (κ3) is 7.05. The number of aliphatic hydroxyl groups excluding tert-OH is 1. The minimum atomic E-state index is -3.68. The molecule has 1 amide bonds. The van der Waals surface area contributed by atoms with Crippen molar-refractivity contribution in [1.82, 2.24) is 5.32 Å². The molecule has 1 aliphatic rings. The van der Waals surface area contributed by atoms with Crippen molar-refractivity contribution >= 4 is 21.6 Å². The van der Waals surface area contributed by atoms with Crippen LogP contribution >= 0.6 is 0 Å². The van der Waals surface area contributed by atoms with Crippen molar-refractivity contribution in [2.45, 2.75) is 42.7 Å². The number of carbonyl (C=O) groups excluding carboxylic acids is 1. The molecule has 0 spiro atoms. The molecule has 0 saturated heterocycles. The molecule has 1 heterocycles. The van der Waals surface area contributed by atoms with Gasteiger partial charge in [0, 0.05) is 25.1 Å². The van der Waals surface area contributed by atoms with Crippen LogP contribution in [0, 0.1) is 5.82 Å². The lowest BCUT2D eigenvalue weighted by Crippen LogP contribution is -2.52. The van der Waals surface area contributed by atoms with Crippen LogP contribution in [0.4, 0.5) is 4.39 Å². The summed E-state index contributed by atoms with van der Waals surface area (Å²) in [6.45, 7) is 2.38. The summed E-state index contributed by atoms with van der Waals surface area (Å²) in [5.41, 5.74) is -0.00659. The summed E-state index contributed by atoms with van der Waals surface area (Å²) >= 11 is 0. The Morgan fingerprint density at radius 1 is 1.07 bits per heavy atom. The van der Waals surface area contributed by atoms with Gasteiger partial charge in [0.2, 0.25) is 5.90 Å². The predicted molar refractivity (Wildman–Crippen MR) is 150 cm³/mol. The number of nitrogens with zero attached hydrogens (tertiary/aromatic N) is 1. The summed E-state index contributed by atoms with van der Waals surface area (Å²) in [7, 11) is -3.68. The molecule has 212 valence electrons. The van der Waals surface area contributed by atoms with Crippen LogP contribution in [0.25, 0.3) is 0 Å². The first-order chi connectivity index (χ1) is 19.2. The molecule has 0 unspecified atom stereocenters. The lowest BCUT2D eigenvalue weighted by Gasteiger charge is -2.28. The monoisotopic (exact) mass is 568 g/mol. The first-order valence-corrected chi connectivity index (χ1v) is 14.8. The number of sulfone groups is 1. The van der Waals surface area contributed by atoms with Gasteiger partial charge in [-0.2, -0.15) is 0 Å². The van der Waals surface area contributed by atoms with Crippen LogP contribution in [0.5, 0.6) is 5.75 Å². The van der Waals surface area contributed by atoms with Gasteiger partial charge < -0.3 is 19.9 Å². The van der Waals surface area contributed by atoms with Gasteiger partial charge in [-0.25, -0.2) is 17.8 Å². The summed E-state index contributed by atoms with van der Waals surface area (Å²) in [5.74, 6) is -0.230. The van der Waals surface area contributed by atoms with E-state index in [4.69, 9.17) is 19.6 Å². The van der Waals surface area contributed by atoms with Crippen LogP contribution in [-0.4, -0.2) is 62.5 Å². The van der Waals surface area contributed by atoms with E-state index in [9.17, 15) is 17.6 Å². The molecule has 4 rings (SSSR count). The Bertz CT molecular complexity index is 1410. The summed E-state index contributed by atoms with van der Waals surface area (Å²) in [6, 6.07) is 21.1. The summed E-state index contributed by atoms with van der Waals surface area (Å²) in [6.07, 6.45) is 0.160. The molecule has 10 heteroatoms. The number of halogens is 1. The molecule has 8 nitrogen and oxygen atoms in total. The normalized spacial score (nSPS) is 18.6. The maximum Gasteiger partial charge on any atom is 0.251 e. The second-order valence-corrected chi connectivity index (χ2v) is 11.7. The van der Waals surface area contributed by atoms with Crippen molar-refractivity contribution in [3.8, 4) is 5.75 Å². The molecule has 0 saturated carbocycles. The van der Waals surface area contributed by atoms with Gasteiger partial charge in [-0.05, 0) is 73.9 Å². The Morgan fingerprint density at radius 2 is 1.77 bits per heavy atom. The highest BCUT2D eigenvalue weighted by atomic mass is 32.2. The first-order valence-electron chi connectivity index (χ1n) is 13.1. The highest BCUT2D eigenvalue weighted by molar-refractivity contribution is 7.91. The summed E-state index contributed by atoms with van der Waals surface area (Å²) in [4.78, 5) is 18.5. The molecular formula is C30H33FN2O6S. The highest BCUT2D eigenvalue weighted by Crippen LogP contribution is 2.33. The SMILES string of the molecule is C[C@H]1OC(c2ccc(OCCCO)cc2)=N[C@@]1(CCS(=O)(=O)c1ccccc1)C(=O)NCCc1ccc(F)cc1. The largest absolute Gasteiger partial charge is 0.494 e. The lowest BCUT2D eigenvalue weighted by molar-refractivity contribution is -0.128. The molecule has 0 aliphatic carbocycles. The van der Waals surface area contributed by atoms with E-state index in [1.807, 2.05) is 0 Å². The van der Waals surface area contributed by atoms with Gasteiger partial charge >= 0.3 is 0 Å². The van der Waals surface area contributed by atoms with Gasteiger partial charge in [-0.1, -0.05) is 30.3 Å². The fourth-order valence-corrected chi connectivity index (χ4v) is 5.80. The maximum absolute atomic E-state index is 13.7. The molecule has 3 aromatic rings. The topological polar surface area (TPSA) is 114 Å². The van der Waals surface area contributed by atoms with Crippen molar-refractivity contribution in [2.24, 2.45) is 4.99 Å². The Hall–Kier alpha value is -3.76. The predicted octanol–water partition coefficient (Wildman–Crippen LogP) is 3.71. The quantitative estimate of drug-likeness (QED) is 0.304. The minimum Gasteiger partial charge on any atom is -0.494 e. The van der Waals surface area contributed by atoms with Crippen molar-refractivity contribution < 1.29 is 32.2 Å². The molecular weight excluding hydrogens is 535 g/mol. The van der Waals surface area contributed by atoms with E-state index in [0.717, 1.165) is 5.56 Å². The van der Waals surface area contributed by atoms with Gasteiger partial charge in [0.15, 0.2) is 15.4 Å². The van der Waals surface area contributed by atoms with Crippen LogP contribution in [0.2, 0.25) is 0 Å². The second-order valence-electron chi connectivity index (χ2n) is 9.57. The van der Waals surface area contributed by atoms with E-state index in [1.165, 1.54) is 24.3 Å². The number of aliphatic imine (C=N–C) groups is 1. The number of nitrogens with one attached hydrogen (secondary N) is 1. The highest BCUT2D eigenvalue weighted by Gasteiger charge is 2.50. The number of amides is 1. The third-order valence-corrected chi connectivity index (χ3v) is 8.53. The molecule has 1 aliphatic heterocycles. The van der Waals surface area contributed by atoms with Crippen LogP contribution < -0.4 is 10.1 Å². The van der Waals surface area contributed by atoms with Crippen LogP contribution in [0.1, 0.15) is 30.9 Å².